The van der Waals surface area contributed by atoms with Crippen LogP contribution in [-0.2, 0) is 18.6 Å². The second kappa shape index (κ2) is 13.5. The molecule has 0 heterocycles. The fourth-order valence-corrected chi connectivity index (χ4v) is 3.17. The lowest BCUT2D eigenvalue weighted by Gasteiger charge is -2.12. The zero-order chi connectivity index (χ0) is 20.0. The van der Waals surface area contributed by atoms with Crippen molar-refractivity contribution in [3.63, 3.8) is 0 Å². The predicted molar refractivity (Wildman–Crippen MR) is 106 cm³/mol. The molecule has 0 aliphatic rings. The van der Waals surface area contributed by atoms with Gasteiger partial charge in [-0.25, -0.2) is 9.36 Å². The van der Waals surface area contributed by atoms with Crippen LogP contribution in [0, 0.1) is 0 Å². The molecule has 0 aromatic heterocycles. The fourth-order valence-electron chi connectivity index (χ4n) is 2.37. The van der Waals surface area contributed by atoms with Gasteiger partial charge in [0.15, 0.2) is 0 Å². The van der Waals surface area contributed by atoms with Crippen LogP contribution in [0.5, 0.6) is 5.75 Å². The first kappa shape index (κ1) is 23.4. The van der Waals surface area contributed by atoms with Crippen LogP contribution in [0.2, 0.25) is 0 Å². The Labute approximate surface area is 162 Å². The Morgan fingerprint density at radius 3 is 2.04 bits per heavy atom. The van der Waals surface area contributed by atoms with Crippen molar-refractivity contribution < 1.29 is 28.0 Å². The number of rotatable bonds is 15. The maximum Gasteiger partial charge on any atom is 0.527 e. The Balaban J connectivity index is 1.92. The zero-order valence-corrected chi connectivity index (χ0v) is 17.0. The highest BCUT2D eigenvalue weighted by Gasteiger charge is 2.22. The van der Waals surface area contributed by atoms with Gasteiger partial charge in [-0.3, -0.25) is 9.42 Å². The molecule has 0 bridgehead atoms. The molecule has 0 radical (unpaired) electrons. The van der Waals surface area contributed by atoms with Gasteiger partial charge in [0.2, 0.25) is 0 Å². The number of phosphoric acid groups is 1. The molecule has 0 amide bonds. The molecule has 1 rings (SSSR count). The van der Waals surface area contributed by atoms with Crippen LogP contribution in [0.4, 0.5) is 0 Å². The third-order valence-corrected chi connectivity index (χ3v) is 4.79. The molecule has 27 heavy (non-hydrogen) atoms. The lowest BCUT2D eigenvalue weighted by atomic mass is 10.1. The van der Waals surface area contributed by atoms with Gasteiger partial charge in [-0.05, 0) is 31.9 Å². The summed E-state index contributed by atoms with van der Waals surface area (Å²) in [4.78, 5) is 20.8. The van der Waals surface area contributed by atoms with Crippen molar-refractivity contribution in [1.29, 1.82) is 0 Å². The summed E-state index contributed by atoms with van der Waals surface area (Å²) in [7, 11) is -4.05. The van der Waals surface area contributed by atoms with E-state index in [0.717, 1.165) is 51.4 Å². The van der Waals surface area contributed by atoms with Crippen LogP contribution in [0.3, 0.4) is 0 Å². The first-order valence-electron chi connectivity index (χ1n) is 9.45. The number of para-hydroxylation sites is 1. The van der Waals surface area contributed by atoms with Crippen LogP contribution in [0.1, 0.15) is 58.3 Å². The summed E-state index contributed by atoms with van der Waals surface area (Å²) in [5.74, 6) is -0.00320. The van der Waals surface area contributed by atoms with Crippen LogP contribution in [0.15, 0.2) is 42.5 Å². The van der Waals surface area contributed by atoms with Crippen LogP contribution in [-0.4, -0.2) is 24.1 Å². The van der Waals surface area contributed by atoms with Gasteiger partial charge in [-0.2, -0.15) is 0 Å². The second-order valence-electron chi connectivity index (χ2n) is 6.45. The number of esters is 1. The van der Waals surface area contributed by atoms with Gasteiger partial charge in [0, 0.05) is 5.57 Å². The number of carbonyl (C=O) groups excluding carboxylic acids is 1. The molecule has 1 aromatic carbocycles. The number of benzene rings is 1. The summed E-state index contributed by atoms with van der Waals surface area (Å²) in [6, 6.07) is 8.47. The number of hydrogen-bond acceptors (Lipinski definition) is 5. The van der Waals surface area contributed by atoms with Crippen molar-refractivity contribution in [2.24, 2.45) is 0 Å². The molecule has 152 valence electrons. The third-order valence-electron chi connectivity index (χ3n) is 3.84. The summed E-state index contributed by atoms with van der Waals surface area (Å²) >= 11 is 0. The molecule has 0 aliphatic carbocycles. The van der Waals surface area contributed by atoms with E-state index in [9.17, 15) is 14.3 Å². The lowest BCUT2D eigenvalue weighted by Crippen LogP contribution is -2.05. The van der Waals surface area contributed by atoms with Crippen molar-refractivity contribution >= 4 is 13.8 Å². The zero-order valence-electron chi connectivity index (χ0n) is 16.1. The molecule has 0 spiro atoms. The second-order valence-corrected chi connectivity index (χ2v) is 7.83. The van der Waals surface area contributed by atoms with Crippen molar-refractivity contribution in [3.8, 4) is 5.75 Å². The van der Waals surface area contributed by atoms with Crippen molar-refractivity contribution in [1.82, 2.24) is 0 Å². The number of carbonyl (C=O) groups is 1. The van der Waals surface area contributed by atoms with E-state index in [2.05, 4.69) is 6.58 Å². The lowest BCUT2D eigenvalue weighted by molar-refractivity contribution is -0.139. The number of ether oxygens (including phenoxy) is 1. The quantitative estimate of drug-likeness (QED) is 0.184. The molecular formula is C20H31O6P. The monoisotopic (exact) mass is 398 g/mol. The average Bonchev–Trinajstić information content (AvgIpc) is 2.62. The highest BCUT2D eigenvalue weighted by Crippen LogP contribution is 2.43. The van der Waals surface area contributed by atoms with Crippen LogP contribution in [0.25, 0.3) is 0 Å². The standard InChI is InChI=1S/C20H31O6P/c1-18(2)20(21)24-16-12-7-5-3-4-6-8-13-17-25-27(22,23)26-19-14-10-9-11-15-19/h9-11,14-15H,1,3-8,12-13,16-17H2,2H3,(H,22,23). The summed E-state index contributed by atoms with van der Waals surface area (Å²) < 4.78 is 26.8. The van der Waals surface area contributed by atoms with Crippen LogP contribution < -0.4 is 4.52 Å². The molecule has 0 saturated heterocycles. The molecular weight excluding hydrogens is 367 g/mol. The van der Waals surface area contributed by atoms with Gasteiger partial charge < -0.3 is 9.26 Å². The van der Waals surface area contributed by atoms with Gasteiger partial charge in [-0.15, -0.1) is 0 Å². The van der Waals surface area contributed by atoms with E-state index in [-0.39, 0.29) is 12.6 Å². The highest BCUT2D eigenvalue weighted by atomic mass is 31.2. The van der Waals surface area contributed by atoms with Gasteiger partial charge in [0.05, 0.1) is 13.2 Å². The molecule has 7 heteroatoms. The van der Waals surface area contributed by atoms with E-state index in [1.807, 2.05) is 0 Å². The summed E-state index contributed by atoms with van der Waals surface area (Å²) in [5.41, 5.74) is 0.433. The van der Waals surface area contributed by atoms with Crippen LogP contribution >= 0.6 is 7.82 Å². The first-order chi connectivity index (χ1) is 12.9. The van der Waals surface area contributed by atoms with Gasteiger partial charge >= 0.3 is 13.8 Å². The number of hydrogen-bond donors (Lipinski definition) is 1. The third kappa shape index (κ3) is 12.4. The van der Waals surface area contributed by atoms with E-state index in [4.69, 9.17) is 13.8 Å². The minimum absolute atomic E-state index is 0.203. The maximum absolute atomic E-state index is 11.8. The van der Waals surface area contributed by atoms with Gasteiger partial charge in [-0.1, -0.05) is 63.3 Å². The predicted octanol–water partition coefficient (Wildman–Crippen LogP) is 5.42. The summed E-state index contributed by atoms with van der Waals surface area (Å²) in [5, 5.41) is 0. The molecule has 6 nitrogen and oxygen atoms in total. The Morgan fingerprint density at radius 2 is 1.48 bits per heavy atom. The molecule has 1 aromatic rings. The Bertz CT molecular complexity index is 602. The first-order valence-corrected chi connectivity index (χ1v) is 10.9. The number of phosphoric ester groups is 1. The van der Waals surface area contributed by atoms with Crippen molar-refractivity contribution in [3.05, 3.63) is 42.5 Å². The van der Waals surface area contributed by atoms with E-state index in [1.165, 1.54) is 0 Å². The van der Waals surface area contributed by atoms with Crippen molar-refractivity contribution in [2.45, 2.75) is 58.3 Å². The van der Waals surface area contributed by atoms with Crippen molar-refractivity contribution in [2.75, 3.05) is 13.2 Å². The molecule has 1 unspecified atom stereocenters. The Morgan fingerprint density at radius 1 is 0.963 bits per heavy atom. The molecule has 1 N–H and O–H groups in total. The fraction of sp³-hybridized carbons (Fsp3) is 0.550. The summed E-state index contributed by atoms with van der Waals surface area (Å²) in [6.45, 7) is 5.84. The Kier molecular flexibility index (Phi) is 11.7. The largest absolute Gasteiger partial charge is 0.527 e. The molecule has 1 atom stereocenters. The average molecular weight is 398 g/mol. The van der Waals surface area contributed by atoms with Gasteiger partial charge in [0.25, 0.3) is 0 Å². The van der Waals surface area contributed by atoms with E-state index < -0.39 is 7.82 Å². The van der Waals surface area contributed by atoms with E-state index in [1.54, 1.807) is 37.3 Å². The molecule has 0 aliphatic heterocycles. The number of unbranched alkanes of at least 4 members (excludes halogenated alkanes) is 7. The topological polar surface area (TPSA) is 82.1 Å². The molecule has 0 saturated carbocycles. The smallest absolute Gasteiger partial charge is 0.462 e. The maximum atomic E-state index is 11.8. The van der Waals surface area contributed by atoms with E-state index in [0.29, 0.717) is 17.9 Å². The minimum Gasteiger partial charge on any atom is -0.462 e. The highest BCUT2D eigenvalue weighted by molar-refractivity contribution is 7.47. The molecule has 0 fully saturated rings. The minimum atomic E-state index is -4.05. The SMILES string of the molecule is C=C(C)C(=O)OCCCCCCCCCCOP(=O)(O)Oc1ccccc1. The summed E-state index contributed by atoms with van der Waals surface area (Å²) in [6.07, 6.45) is 7.99. The van der Waals surface area contributed by atoms with E-state index >= 15 is 0 Å². The Hall–Kier alpha value is -1.62. The van der Waals surface area contributed by atoms with Gasteiger partial charge in [0.1, 0.15) is 5.75 Å². The normalized spacial score (nSPS) is 13.0.